The van der Waals surface area contributed by atoms with Gasteiger partial charge in [0.25, 0.3) is 0 Å². The zero-order valence-corrected chi connectivity index (χ0v) is 13.8. The van der Waals surface area contributed by atoms with Gasteiger partial charge < -0.3 is 20.1 Å². The second kappa shape index (κ2) is 7.99. The summed E-state index contributed by atoms with van der Waals surface area (Å²) in [5, 5.41) is 11.8. The Morgan fingerprint density at radius 3 is 2.67 bits per heavy atom. The number of halogens is 1. The number of nitrogens with zero attached hydrogens (tertiary/aromatic N) is 1. The molecule has 2 amide bonds. The number of aromatic carboxylic acids is 1. The topological polar surface area (TPSA) is 78.9 Å². The Hall–Kier alpha value is -1.60. The molecule has 21 heavy (non-hydrogen) atoms. The standard InChI is InChI=1S/C14H19BrN2O4/c1-4-17(9(2)8-21-3)14(20)16-12-7-10(15)5-6-11(12)13(18)19/h5-7,9H,4,8H2,1-3H3,(H,16,20)(H,18,19). The van der Waals surface area contributed by atoms with Gasteiger partial charge in [-0.25, -0.2) is 9.59 Å². The first-order chi connectivity index (χ1) is 9.90. The number of ether oxygens (including phenoxy) is 1. The van der Waals surface area contributed by atoms with E-state index in [0.29, 0.717) is 17.6 Å². The van der Waals surface area contributed by atoms with Crippen molar-refractivity contribution in [2.75, 3.05) is 25.6 Å². The highest BCUT2D eigenvalue weighted by Crippen LogP contribution is 2.22. The number of carboxylic acids is 1. The number of benzene rings is 1. The third kappa shape index (κ3) is 4.71. The minimum absolute atomic E-state index is 0.0435. The maximum Gasteiger partial charge on any atom is 0.337 e. The molecule has 0 aliphatic rings. The van der Waals surface area contributed by atoms with Gasteiger partial charge in [-0.05, 0) is 32.0 Å². The molecule has 6 nitrogen and oxygen atoms in total. The number of hydrogen-bond acceptors (Lipinski definition) is 3. The second-order valence-electron chi connectivity index (χ2n) is 4.52. The van der Waals surface area contributed by atoms with Crippen molar-refractivity contribution in [3.05, 3.63) is 28.2 Å². The lowest BCUT2D eigenvalue weighted by molar-refractivity contribution is 0.0698. The third-order valence-corrected chi connectivity index (χ3v) is 3.49. The van der Waals surface area contributed by atoms with Gasteiger partial charge in [-0.2, -0.15) is 0 Å². The van der Waals surface area contributed by atoms with Crippen LogP contribution in [0.3, 0.4) is 0 Å². The number of hydrogen-bond donors (Lipinski definition) is 2. The molecule has 1 rings (SSSR count). The van der Waals surface area contributed by atoms with Gasteiger partial charge in [-0.3, -0.25) is 0 Å². The van der Waals surface area contributed by atoms with Crippen LogP contribution in [-0.2, 0) is 4.74 Å². The van der Waals surface area contributed by atoms with Gasteiger partial charge in [0.1, 0.15) is 0 Å². The van der Waals surface area contributed by atoms with Crippen LogP contribution in [0.4, 0.5) is 10.5 Å². The highest BCUT2D eigenvalue weighted by atomic mass is 79.9. The predicted octanol–water partition coefficient (Wildman–Crippen LogP) is 3.04. The van der Waals surface area contributed by atoms with Crippen LogP contribution in [0.25, 0.3) is 0 Å². The second-order valence-corrected chi connectivity index (χ2v) is 5.43. The zero-order valence-electron chi connectivity index (χ0n) is 12.2. The van der Waals surface area contributed by atoms with E-state index in [1.165, 1.54) is 6.07 Å². The number of urea groups is 1. The number of nitrogens with one attached hydrogen (secondary N) is 1. The first-order valence-corrected chi connectivity index (χ1v) is 7.29. The fraction of sp³-hybridized carbons (Fsp3) is 0.429. The van der Waals surface area contributed by atoms with Crippen molar-refractivity contribution in [3.63, 3.8) is 0 Å². The Bertz CT molecular complexity index is 522. The number of likely N-dealkylation sites (N-methyl/N-ethyl adjacent to an activating group) is 1. The number of carboxylic acid groups (broad SMARTS) is 1. The number of anilines is 1. The molecule has 1 unspecified atom stereocenters. The normalized spacial score (nSPS) is 11.8. The van der Waals surface area contributed by atoms with Crippen LogP contribution in [0, 0.1) is 0 Å². The lowest BCUT2D eigenvalue weighted by Crippen LogP contribution is -2.43. The maximum atomic E-state index is 12.3. The van der Waals surface area contributed by atoms with Crippen LogP contribution >= 0.6 is 15.9 Å². The molecular weight excluding hydrogens is 340 g/mol. The molecular formula is C14H19BrN2O4. The van der Waals surface area contributed by atoms with E-state index >= 15 is 0 Å². The number of carbonyl (C=O) groups excluding carboxylic acids is 1. The first kappa shape index (κ1) is 17.5. The van der Waals surface area contributed by atoms with Crippen molar-refractivity contribution in [1.82, 2.24) is 4.90 Å². The largest absolute Gasteiger partial charge is 0.478 e. The summed E-state index contributed by atoms with van der Waals surface area (Å²) in [6, 6.07) is 4.15. The number of methoxy groups -OCH3 is 1. The van der Waals surface area contributed by atoms with Crippen molar-refractivity contribution < 1.29 is 19.4 Å². The van der Waals surface area contributed by atoms with Crippen LogP contribution in [0.1, 0.15) is 24.2 Å². The molecule has 0 aliphatic carbocycles. The number of rotatable bonds is 6. The zero-order chi connectivity index (χ0) is 16.0. The molecule has 116 valence electrons. The highest BCUT2D eigenvalue weighted by Gasteiger charge is 2.20. The van der Waals surface area contributed by atoms with Gasteiger partial charge in [0.05, 0.1) is 23.9 Å². The summed E-state index contributed by atoms with van der Waals surface area (Å²) in [6.45, 7) is 4.62. The molecule has 0 saturated carbocycles. The molecule has 0 spiro atoms. The van der Waals surface area contributed by atoms with E-state index in [-0.39, 0.29) is 23.3 Å². The van der Waals surface area contributed by atoms with Crippen LogP contribution in [0.15, 0.2) is 22.7 Å². The van der Waals surface area contributed by atoms with Crippen molar-refractivity contribution in [2.24, 2.45) is 0 Å². The van der Waals surface area contributed by atoms with Gasteiger partial charge in [0.15, 0.2) is 0 Å². The van der Waals surface area contributed by atoms with Crippen LogP contribution in [0.2, 0.25) is 0 Å². The Labute approximate surface area is 132 Å². The van der Waals surface area contributed by atoms with E-state index in [1.807, 2.05) is 13.8 Å². The van der Waals surface area contributed by atoms with Gasteiger partial charge >= 0.3 is 12.0 Å². The SMILES string of the molecule is CCN(C(=O)Nc1cc(Br)ccc1C(=O)O)C(C)COC. The summed E-state index contributed by atoms with van der Waals surface area (Å²) in [7, 11) is 1.57. The molecule has 0 heterocycles. The van der Waals surface area contributed by atoms with E-state index < -0.39 is 5.97 Å². The minimum Gasteiger partial charge on any atom is -0.478 e. The summed E-state index contributed by atoms with van der Waals surface area (Å²) >= 11 is 3.27. The van der Waals surface area contributed by atoms with Crippen molar-refractivity contribution in [3.8, 4) is 0 Å². The van der Waals surface area contributed by atoms with Gasteiger partial charge in [-0.15, -0.1) is 0 Å². The molecule has 0 radical (unpaired) electrons. The Balaban J connectivity index is 2.96. The number of amides is 2. The van der Waals surface area contributed by atoms with Crippen molar-refractivity contribution in [2.45, 2.75) is 19.9 Å². The molecule has 7 heteroatoms. The average molecular weight is 359 g/mol. The molecule has 0 fully saturated rings. The molecule has 1 aromatic carbocycles. The minimum atomic E-state index is -1.09. The Kier molecular flexibility index (Phi) is 6.64. The van der Waals surface area contributed by atoms with Crippen molar-refractivity contribution >= 4 is 33.6 Å². The molecule has 1 atom stereocenters. The highest BCUT2D eigenvalue weighted by molar-refractivity contribution is 9.10. The van der Waals surface area contributed by atoms with Crippen LogP contribution < -0.4 is 5.32 Å². The first-order valence-electron chi connectivity index (χ1n) is 6.50. The van der Waals surface area contributed by atoms with Gasteiger partial charge in [0.2, 0.25) is 0 Å². The third-order valence-electron chi connectivity index (χ3n) is 3.00. The summed E-state index contributed by atoms with van der Waals surface area (Å²) < 4.78 is 5.74. The fourth-order valence-corrected chi connectivity index (χ4v) is 2.34. The van der Waals surface area contributed by atoms with E-state index in [0.717, 1.165) is 0 Å². The predicted molar refractivity (Wildman–Crippen MR) is 83.8 cm³/mol. The van der Waals surface area contributed by atoms with Gasteiger partial charge in [-0.1, -0.05) is 15.9 Å². The molecule has 2 N–H and O–H groups in total. The molecule has 0 saturated heterocycles. The number of carbonyl (C=O) groups is 2. The lowest BCUT2D eigenvalue weighted by atomic mass is 10.2. The molecule has 0 aromatic heterocycles. The van der Waals surface area contributed by atoms with Crippen LogP contribution in [-0.4, -0.2) is 48.3 Å². The fourth-order valence-electron chi connectivity index (χ4n) is 1.98. The quantitative estimate of drug-likeness (QED) is 0.818. The summed E-state index contributed by atoms with van der Waals surface area (Å²) in [4.78, 5) is 25.1. The van der Waals surface area contributed by atoms with Crippen LogP contribution in [0.5, 0.6) is 0 Å². The molecule has 0 bridgehead atoms. The monoisotopic (exact) mass is 358 g/mol. The smallest absolute Gasteiger partial charge is 0.337 e. The Morgan fingerprint density at radius 1 is 1.48 bits per heavy atom. The maximum absolute atomic E-state index is 12.3. The average Bonchev–Trinajstić information content (AvgIpc) is 2.39. The van der Waals surface area contributed by atoms with E-state index in [4.69, 9.17) is 9.84 Å². The van der Waals surface area contributed by atoms with E-state index in [9.17, 15) is 9.59 Å². The lowest BCUT2D eigenvalue weighted by Gasteiger charge is -2.28. The summed E-state index contributed by atoms with van der Waals surface area (Å²) in [6.07, 6.45) is 0. The van der Waals surface area contributed by atoms with E-state index in [2.05, 4.69) is 21.2 Å². The Morgan fingerprint density at radius 2 is 2.14 bits per heavy atom. The van der Waals surface area contributed by atoms with Gasteiger partial charge in [0, 0.05) is 18.1 Å². The van der Waals surface area contributed by atoms with E-state index in [1.54, 1.807) is 24.1 Å². The van der Waals surface area contributed by atoms with Crippen molar-refractivity contribution in [1.29, 1.82) is 0 Å². The summed E-state index contributed by atoms with van der Waals surface area (Å²) in [5.41, 5.74) is 0.298. The summed E-state index contributed by atoms with van der Waals surface area (Å²) in [5.74, 6) is -1.09. The molecule has 0 aliphatic heterocycles. The molecule has 1 aromatic rings.